The van der Waals surface area contributed by atoms with Gasteiger partial charge in [0.05, 0.1) is 5.51 Å². The summed E-state index contributed by atoms with van der Waals surface area (Å²) in [6.45, 7) is 5.53. The van der Waals surface area contributed by atoms with E-state index < -0.39 is 0 Å². The number of nitrogens with zero attached hydrogens (tertiary/aromatic N) is 2. The molecule has 2 atom stereocenters. The van der Waals surface area contributed by atoms with E-state index in [1.165, 1.54) is 16.9 Å². The Balaban J connectivity index is 1.63. The fourth-order valence-corrected chi connectivity index (χ4v) is 3.70. The van der Waals surface area contributed by atoms with Crippen LogP contribution in [-0.2, 0) is 13.0 Å². The van der Waals surface area contributed by atoms with Gasteiger partial charge in [0, 0.05) is 42.8 Å². The molecule has 1 aromatic heterocycles. The molecule has 1 aromatic carbocycles. The van der Waals surface area contributed by atoms with Crippen molar-refractivity contribution in [2.45, 2.75) is 38.4 Å². The minimum Gasteiger partial charge on any atom is -0.311 e. The van der Waals surface area contributed by atoms with Crippen LogP contribution in [0.4, 0.5) is 0 Å². The lowest BCUT2D eigenvalue weighted by atomic mass is 10.0. The van der Waals surface area contributed by atoms with Gasteiger partial charge in [-0.2, -0.15) is 0 Å². The van der Waals surface area contributed by atoms with Crippen LogP contribution in [0.25, 0.3) is 0 Å². The Morgan fingerprint density at radius 2 is 2.19 bits per heavy atom. The zero-order valence-electron chi connectivity index (χ0n) is 12.5. The van der Waals surface area contributed by atoms with Crippen LogP contribution < -0.4 is 5.32 Å². The third-order valence-corrected chi connectivity index (χ3v) is 5.02. The van der Waals surface area contributed by atoms with E-state index in [-0.39, 0.29) is 0 Å². The average molecular weight is 301 g/mol. The molecule has 1 fully saturated rings. The van der Waals surface area contributed by atoms with E-state index in [0.29, 0.717) is 12.1 Å². The third kappa shape index (κ3) is 3.90. The second-order valence-electron chi connectivity index (χ2n) is 5.75. The molecule has 0 bridgehead atoms. The first-order valence-electron chi connectivity index (χ1n) is 7.74. The zero-order chi connectivity index (χ0) is 14.5. The van der Waals surface area contributed by atoms with Crippen LogP contribution in [0.3, 0.4) is 0 Å². The molecular formula is C17H23N3S. The van der Waals surface area contributed by atoms with Crippen LogP contribution in [0, 0.1) is 0 Å². The minimum atomic E-state index is 0.545. The molecular weight excluding hydrogens is 278 g/mol. The van der Waals surface area contributed by atoms with Crippen LogP contribution in [0.5, 0.6) is 0 Å². The first-order chi connectivity index (χ1) is 10.3. The molecule has 1 aliphatic heterocycles. The monoisotopic (exact) mass is 301 g/mol. The van der Waals surface area contributed by atoms with Crippen LogP contribution in [-0.4, -0.2) is 35.1 Å². The molecule has 3 nitrogen and oxygen atoms in total. The van der Waals surface area contributed by atoms with Gasteiger partial charge in [-0.1, -0.05) is 37.3 Å². The number of piperazine rings is 1. The third-order valence-electron chi connectivity index (χ3n) is 4.25. The van der Waals surface area contributed by atoms with Gasteiger partial charge in [-0.25, -0.2) is 0 Å². The number of nitrogens with one attached hydrogen (secondary N) is 1. The highest BCUT2D eigenvalue weighted by Gasteiger charge is 2.26. The van der Waals surface area contributed by atoms with Gasteiger partial charge >= 0.3 is 0 Å². The Morgan fingerprint density at radius 1 is 1.33 bits per heavy atom. The molecule has 0 aliphatic carbocycles. The molecule has 0 spiro atoms. The maximum absolute atomic E-state index is 4.20. The lowest BCUT2D eigenvalue weighted by Gasteiger charge is -2.40. The maximum atomic E-state index is 4.20. The van der Waals surface area contributed by atoms with Crippen molar-refractivity contribution in [1.82, 2.24) is 15.2 Å². The van der Waals surface area contributed by atoms with Crippen LogP contribution >= 0.6 is 11.3 Å². The van der Waals surface area contributed by atoms with E-state index in [1.807, 2.05) is 11.7 Å². The van der Waals surface area contributed by atoms with E-state index in [2.05, 4.69) is 52.5 Å². The highest BCUT2D eigenvalue weighted by atomic mass is 32.1. The van der Waals surface area contributed by atoms with Crippen molar-refractivity contribution in [2.24, 2.45) is 0 Å². The van der Waals surface area contributed by atoms with Crippen molar-refractivity contribution in [2.75, 3.05) is 13.1 Å². The number of aromatic nitrogens is 1. The van der Waals surface area contributed by atoms with Gasteiger partial charge in [-0.15, -0.1) is 11.3 Å². The van der Waals surface area contributed by atoms with E-state index >= 15 is 0 Å². The average Bonchev–Trinajstić information content (AvgIpc) is 3.02. The molecule has 1 aliphatic rings. The number of rotatable bonds is 5. The molecule has 1 saturated heterocycles. The molecule has 2 heterocycles. The number of benzene rings is 1. The molecule has 4 heteroatoms. The molecule has 1 N–H and O–H groups in total. The van der Waals surface area contributed by atoms with E-state index in [4.69, 9.17) is 0 Å². The summed E-state index contributed by atoms with van der Waals surface area (Å²) in [5.74, 6) is 0. The number of thiazole rings is 1. The Labute approximate surface area is 131 Å². The zero-order valence-corrected chi connectivity index (χ0v) is 13.4. The quantitative estimate of drug-likeness (QED) is 0.920. The molecule has 112 valence electrons. The fourth-order valence-electron chi connectivity index (χ4n) is 3.08. The lowest BCUT2D eigenvalue weighted by Crippen LogP contribution is -2.56. The van der Waals surface area contributed by atoms with Crippen molar-refractivity contribution < 1.29 is 0 Å². The van der Waals surface area contributed by atoms with Gasteiger partial charge < -0.3 is 5.32 Å². The smallest absolute Gasteiger partial charge is 0.0794 e. The molecule has 2 unspecified atom stereocenters. The van der Waals surface area contributed by atoms with Crippen molar-refractivity contribution >= 4 is 11.3 Å². The summed E-state index contributed by atoms with van der Waals surface area (Å²) in [7, 11) is 0. The summed E-state index contributed by atoms with van der Waals surface area (Å²) in [5.41, 5.74) is 3.35. The number of hydrogen-bond acceptors (Lipinski definition) is 4. The predicted octanol–water partition coefficient (Wildman–Crippen LogP) is 2.94. The maximum Gasteiger partial charge on any atom is 0.0794 e. The van der Waals surface area contributed by atoms with Crippen LogP contribution in [0.15, 0.2) is 42.0 Å². The second-order valence-corrected chi connectivity index (χ2v) is 6.73. The van der Waals surface area contributed by atoms with Gasteiger partial charge in [0.25, 0.3) is 0 Å². The standard InChI is InChI=1S/C17H23N3S/c1-2-16-9-19-15(8-14-6-4-3-5-7-14)11-20(16)12-17-10-18-13-21-17/h3-7,10,13,15-16,19H,2,8-9,11-12H2,1H3. The summed E-state index contributed by atoms with van der Waals surface area (Å²) in [5, 5.41) is 3.72. The topological polar surface area (TPSA) is 28.2 Å². The van der Waals surface area contributed by atoms with Gasteiger partial charge in [-0.3, -0.25) is 9.88 Å². The van der Waals surface area contributed by atoms with Crippen molar-refractivity contribution in [3.8, 4) is 0 Å². The Kier molecular flexibility index (Phi) is 5.01. The Bertz CT molecular complexity index is 526. The molecule has 21 heavy (non-hydrogen) atoms. The van der Waals surface area contributed by atoms with Gasteiger partial charge in [0.2, 0.25) is 0 Å². The second kappa shape index (κ2) is 7.16. The summed E-state index contributed by atoms with van der Waals surface area (Å²) in [6, 6.07) is 12.0. The lowest BCUT2D eigenvalue weighted by molar-refractivity contribution is 0.120. The summed E-state index contributed by atoms with van der Waals surface area (Å²) in [6.07, 6.45) is 4.31. The SMILES string of the molecule is CCC1CNC(Cc2ccccc2)CN1Cc1cncs1. The van der Waals surface area contributed by atoms with E-state index in [9.17, 15) is 0 Å². The highest BCUT2D eigenvalue weighted by molar-refractivity contribution is 7.09. The summed E-state index contributed by atoms with van der Waals surface area (Å²) in [4.78, 5) is 8.19. The first kappa shape index (κ1) is 14.7. The van der Waals surface area contributed by atoms with E-state index in [1.54, 1.807) is 11.3 Å². The molecule has 0 radical (unpaired) electrons. The van der Waals surface area contributed by atoms with Gasteiger partial charge in [-0.05, 0) is 18.4 Å². The molecule has 3 rings (SSSR count). The molecule has 0 amide bonds. The Morgan fingerprint density at radius 3 is 2.90 bits per heavy atom. The highest BCUT2D eigenvalue weighted by Crippen LogP contribution is 2.18. The Hall–Kier alpha value is -1.23. The van der Waals surface area contributed by atoms with Crippen molar-refractivity contribution in [1.29, 1.82) is 0 Å². The van der Waals surface area contributed by atoms with Crippen molar-refractivity contribution in [3.63, 3.8) is 0 Å². The number of hydrogen-bond donors (Lipinski definition) is 1. The fraction of sp³-hybridized carbons (Fsp3) is 0.471. The summed E-state index contributed by atoms with van der Waals surface area (Å²) >= 11 is 1.76. The van der Waals surface area contributed by atoms with Crippen LogP contribution in [0.1, 0.15) is 23.8 Å². The normalized spacial score (nSPS) is 23.3. The minimum absolute atomic E-state index is 0.545. The predicted molar refractivity (Wildman–Crippen MR) is 88.5 cm³/mol. The first-order valence-corrected chi connectivity index (χ1v) is 8.62. The largest absolute Gasteiger partial charge is 0.311 e. The van der Waals surface area contributed by atoms with E-state index in [0.717, 1.165) is 26.1 Å². The molecule has 0 saturated carbocycles. The van der Waals surface area contributed by atoms with Crippen LogP contribution in [0.2, 0.25) is 0 Å². The van der Waals surface area contributed by atoms with Gasteiger partial charge in [0.1, 0.15) is 0 Å². The summed E-state index contributed by atoms with van der Waals surface area (Å²) < 4.78 is 0. The van der Waals surface area contributed by atoms with Gasteiger partial charge in [0.15, 0.2) is 0 Å². The molecule has 2 aromatic rings. The van der Waals surface area contributed by atoms with Crippen molar-refractivity contribution in [3.05, 3.63) is 52.5 Å².